The van der Waals surface area contributed by atoms with E-state index >= 15 is 0 Å². The van der Waals surface area contributed by atoms with Crippen LogP contribution in [0.4, 0.5) is 0 Å². The Balaban J connectivity index is 2.47. The van der Waals surface area contributed by atoms with Crippen molar-refractivity contribution in [2.75, 3.05) is 13.2 Å². The standard InChI is InChI=1S/C15H31NOS/c1-4-9-16-14-7-6-13(5-2)11-15(14)18-12(3)8-10-17/h12-17H,4-11H2,1-3H3. The maximum Gasteiger partial charge on any atom is 0.0441 e. The van der Waals surface area contributed by atoms with E-state index < -0.39 is 0 Å². The second-order valence-corrected chi connectivity index (χ2v) is 7.33. The van der Waals surface area contributed by atoms with Gasteiger partial charge in [-0.15, -0.1) is 0 Å². The maximum atomic E-state index is 9.04. The first-order valence-corrected chi connectivity index (χ1v) is 8.65. The first-order valence-electron chi connectivity index (χ1n) is 7.70. The number of nitrogens with one attached hydrogen (secondary N) is 1. The molecule has 4 unspecified atom stereocenters. The van der Waals surface area contributed by atoms with Crippen LogP contribution in [0.5, 0.6) is 0 Å². The van der Waals surface area contributed by atoms with Crippen LogP contribution in [0.1, 0.15) is 59.3 Å². The van der Waals surface area contributed by atoms with Crippen LogP contribution in [0, 0.1) is 5.92 Å². The highest BCUT2D eigenvalue weighted by Gasteiger charge is 2.30. The van der Waals surface area contributed by atoms with Crippen LogP contribution in [-0.2, 0) is 0 Å². The maximum absolute atomic E-state index is 9.04. The Bertz CT molecular complexity index is 213. The molecule has 2 nitrogen and oxygen atoms in total. The summed E-state index contributed by atoms with van der Waals surface area (Å²) >= 11 is 2.10. The monoisotopic (exact) mass is 273 g/mol. The van der Waals surface area contributed by atoms with E-state index in [1.165, 1.54) is 32.1 Å². The molecule has 4 atom stereocenters. The summed E-state index contributed by atoms with van der Waals surface area (Å²) in [6, 6.07) is 0.693. The van der Waals surface area contributed by atoms with Crippen molar-refractivity contribution in [1.82, 2.24) is 5.32 Å². The fraction of sp³-hybridized carbons (Fsp3) is 1.00. The van der Waals surface area contributed by atoms with Gasteiger partial charge in [0.05, 0.1) is 0 Å². The van der Waals surface area contributed by atoms with Crippen LogP contribution in [0.15, 0.2) is 0 Å². The Morgan fingerprint density at radius 2 is 2.11 bits per heavy atom. The van der Waals surface area contributed by atoms with Crippen LogP contribution in [0.2, 0.25) is 0 Å². The van der Waals surface area contributed by atoms with Crippen LogP contribution in [0.3, 0.4) is 0 Å². The van der Waals surface area contributed by atoms with Crippen molar-refractivity contribution >= 4 is 11.8 Å². The van der Waals surface area contributed by atoms with E-state index in [0.29, 0.717) is 17.9 Å². The molecule has 0 aliphatic heterocycles. The molecule has 1 aliphatic rings. The average molecular weight is 273 g/mol. The zero-order chi connectivity index (χ0) is 13.4. The van der Waals surface area contributed by atoms with Gasteiger partial charge in [0.25, 0.3) is 0 Å². The zero-order valence-corrected chi connectivity index (χ0v) is 13.1. The molecule has 1 aliphatic carbocycles. The minimum Gasteiger partial charge on any atom is -0.396 e. The van der Waals surface area contributed by atoms with Crippen molar-refractivity contribution in [1.29, 1.82) is 0 Å². The molecule has 0 aromatic heterocycles. The Hall–Kier alpha value is 0.270. The molecular formula is C15H31NOS. The van der Waals surface area contributed by atoms with Gasteiger partial charge in [-0.25, -0.2) is 0 Å². The van der Waals surface area contributed by atoms with E-state index in [2.05, 4.69) is 37.8 Å². The number of aliphatic hydroxyl groups is 1. The quantitative estimate of drug-likeness (QED) is 0.710. The minimum absolute atomic E-state index is 0.325. The van der Waals surface area contributed by atoms with Crippen molar-refractivity contribution in [3.8, 4) is 0 Å². The van der Waals surface area contributed by atoms with Crippen molar-refractivity contribution in [2.45, 2.75) is 75.8 Å². The lowest BCUT2D eigenvalue weighted by Crippen LogP contribution is -2.43. The number of rotatable bonds is 8. The summed E-state index contributed by atoms with van der Waals surface area (Å²) in [5, 5.41) is 14.1. The van der Waals surface area contributed by atoms with Gasteiger partial charge in [-0.3, -0.25) is 0 Å². The third-order valence-corrected chi connectivity index (χ3v) is 5.65. The molecule has 0 heterocycles. The van der Waals surface area contributed by atoms with E-state index in [1.54, 1.807) is 0 Å². The van der Waals surface area contributed by atoms with E-state index in [-0.39, 0.29) is 0 Å². The Morgan fingerprint density at radius 3 is 2.72 bits per heavy atom. The smallest absolute Gasteiger partial charge is 0.0441 e. The number of hydrogen-bond acceptors (Lipinski definition) is 3. The highest BCUT2D eigenvalue weighted by Crippen LogP contribution is 2.36. The first-order chi connectivity index (χ1) is 8.71. The molecule has 1 fully saturated rings. The topological polar surface area (TPSA) is 32.3 Å². The number of hydrogen-bond donors (Lipinski definition) is 2. The van der Waals surface area contributed by atoms with Crippen LogP contribution in [0.25, 0.3) is 0 Å². The van der Waals surface area contributed by atoms with Gasteiger partial charge in [0.2, 0.25) is 0 Å². The third kappa shape index (κ3) is 5.50. The molecule has 0 bridgehead atoms. The lowest BCUT2D eigenvalue weighted by Gasteiger charge is -2.37. The van der Waals surface area contributed by atoms with Crippen molar-refractivity contribution < 1.29 is 5.11 Å². The normalized spacial score (nSPS) is 30.3. The summed E-state index contributed by atoms with van der Waals surface area (Å²) in [5.41, 5.74) is 0. The van der Waals surface area contributed by atoms with Gasteiger partial charge >= 0.3 is 0 Å². The van der Waals surface area contributed by atoms with Gasteiger partial charge < -0.3 is 10.4 Å². The summed E-state index contributed by atoms with van der Waals surface area (Å²) in [5.74, 6) is 0.920. The Kier molecular flexibility index (Phi) is 8.36. The average Bonchev–Trinajstić information content (AvgIpc) is 2.37. The van der Waals surface area contributed by atoms with Gasteiger partial charge in [0.15, 0.2) is 0 Å². The van der Waals surface area contributed by atoms with Crippen LogP contribution >= 0.6 is 11.8 Å². The summed E-state index contributed by atoms with van der Waals surface area (Å²) in [6.45, 7) is 8.29. The highest BCUT2D eigenvalue weighted by molar-refractivity contribution is 8.00. The molecule has 0 radical (unpaired) electrons. The summed E-state index contributed by atoms with van der Waals surface area (Å²) in [4.78, 5) is 0. The summed E-state index contributed by atoms with van der Waals surface area (Å²) in [7, 11) is 0. The molecule has 18 heavy (non-hydrogen) atoms. The van der Waals surface area contributed by atoms with Gasteiger partial charge in [0, 0.05) is 23.1 Å². The largest absolute Gasteiger partial charge is 0.396 e. The highest BCUT2D eigenvalue weighted by atomic mass is 32.2. The van der Waals surface area contributed by atoms with E-state index in [9.17, 15) is 0 Å². The lowest BCUT2D eigenvalue weighted by molar-refractivity contribution is 0.285. The van der Waals surface area contributed by atoms with E-state index in [0.717, 1.165) is 24.1 Å². The molecule has 1 saturated carbocycles. The third-order valence-electron chi connectivity index (χ3n) is 4.08. The Morgan fingerprint density at radius 1 is 1.33 bits per heavy atom. The zero-order valence-electron chi connectivity index (χ0n) is 12.3. The molecule has 1 rings (SSSR count). The Labute approximate surface area is 117 Å². The SMILES string of the molecule is CCCNC1CCC(CC)CC1SC(C)CCO. The predicted octanol–water partition coefficient (Wildman–Crippen LogP) is 3.44. The number of thioether (sulfide) groups is 1. The van der Waals surface area contributed by atoms with Gasteiger partial charge in [-0.05, 0) is 44.6 Å². The summed E-state index contributed by atoms with van der Waals surface area (Å²) in [6.07, 6.45) is 7.56. The lowest BCUT2D eigenvalue weighted by atomic mass is 9.84. The minimum atomic E-state index is 0.325. The molecule has 0 aromatic carbocycles. The molecular weight excluding hydrogens is 242 g/mol. The van der Waals surface area contributed by atoms with E-state index in [1.807, 2.05) is 0 Å². The van der Waals surface area contributed by atoms with Crippen LogP contribution in [-0.4, -0.2) is 34.8 Å². The van der Waals surface area contributed by atoms with Crippen molar-refractivity contribution in [3.63, 3.8) is 0 Å². The van der Waals surface area contributed by atoms with Crippen molar-refractivity contribution in [2.24, 2.45) is 5.92 Å². The van der Waals surface area contributed by atoms with Crippen LogP contribution < -0.4 is 5.32 Å². The predicted molar refractivity (Wildman–Crippen MR) is 82.3 cm³/mol. The van der Waals surface area contributed by atoms with Gasteiger partial charge in [-0.1, -0.05) is 27.2 Å². The molecule has 108 valence electrons. The molecule has 0 aromatic rings. The van der Waals surface area contributed by atoms with E-state index in [4.69, 9.17) is 5.11 Å². The van der Waals surface area contributed by atoms with Gasteiger partial charge in [0.1, 0.15) is 0 Å². The van der Waals surface area contributed by atoms with Gasteiger partial charge in [-0.2, -0.15) is 11.8 Å². The molecule has 3 heteroatoms. The fourth-order valence-electron chi connectivity index (χ4n) is 2.84. The molecule has 2 N–H and O–H groups in total. The molecule has 0 saturated heterocycles. The molecule has 0 spiro atoms. The summed E-state index contributed by atoms with van der Waals surface area (Å²) < 4.78 is 0. The second-order valence-electron chi connectivity index (χ2n) is 5.65. The first kappa shape index (κ1) is 16.3. The number of aliphatic hydroxyl groups excluding tert-OH is 1. The van der Waals surface area contributed by atoms with Crippen molar-refractivity contribution in [3.05, 3.63) is 0 Å². The second kappa shape index (κ2) is 9.22. The fourth-order valence-corrected chi connectivity index (χ4v) is 4.49. The molecule has 0 amide bonds.